The summed E-state index contributed by atoms with van der Waals surface area (Å²) in [5.41, 5.74) is 0. The minimum absolute atomic E-state index is 0.112. The molecule has 0 aromatic carbocycles. The van der Waals surface area contributed by atoms with E-state index in [9.17, 15) is 4.79 Å². The third-order valence-corrected chi connectivity index (χ3v) is 9.07. The quantitative estimate of drug-likeness (QED) is 0.0978. The molecule has 0 aliphatic rings. The minimum Gasteiger partial charge on any atom is -0.465 e. The molecule has 8 heteroatoms. The van der Waals surface area contributed by atoms with Crippen LogP contribution >= 0.6 is 30.1 Å². The Morgan fingerprint density at radius 2 is 1.55 bits per heavy atom. The molecule has 0 aromatic rings. The number of rotatable bonds is 17. The number of esters is 1. The highest BCUT2D eigenvalue weighted by Crippen LogP contribution is 2.46. The molecule has 0 amide bonds. The predicted molar refractivity (Wildman–Crippen MR) is 130 cm³/mol. The highest BCUT2D eigenvalue weighted by Gasteiger charge is 2.26. The third-order valence-electron chi connectivity index (χ3n) is 3.66. The molecule has 0 spiro atoms. The van der Waals surface area contributed by atoms with Crippen LogP contribution in [0.4, 0.5) is 0 Å². The van der Waals surface area contributed by atoms with Crippen LogP contribution in [0.25, 0.3) is 0 Å². The molecule has 0 saturated heterocycles. The van der Waals surface area contributed by atoms with Gasteiger partial charge in [0.2, 0.25) is 0 Å². The van der Waals surface area contributed by atoms with Gasteiger partial charge in [-0.25, -0.2) is 4.67 Å². The predicted octanol–water partition coefficient (Wildman–Crippen LogP) is 7.06. The lowest BCUT2D eigenvalue weighted by Crippen LogP contribution is -2.33. The van der Waals surface area contributed by atoms with Crippen molar-refractivity contribution >= 4 is 36.1 Å². The molecule has 0 radical (unpaired) electrons. The topological polar surface area (TPSA) is 48.0 Å². The van der Waals surface area contributed by atoms with Crippen LogP contribution < -0.4 is 0 Å². The zero-order chi connectivity index (χ0) is 22.3. The van der Waals surface area contributed by atoms with Crippen LogP contribution in [0.5, 0.6) is 0 Å². The van der Waals surface area contributed by atoms with Gasteiger partial charge < -0.3 is 13.8 Å². The summed E-state index contributed by atoms with van der Waals surface area (Å²) < 4.78 is 20.0. The second kappa shape index (κ2) is 17.1. The summed E-state index contributed by atoms with van der Waals surface area (Å²) in [6.07, 6.45) is 4.23. The van der Waals surface area contributed by atoms with Gasteiger partial charge in [0.05, 0.1) is 13.2 Å². The summed E-state index contributed by atoms with van der Waals surface area (Å²) in [6.45, 7) is 19.2. The van der Waals surface area contributed by atoms with Crippen LogP contribution in [-0.2, 0) is 18.6 Å². The fraction of sp³-hybridized carbons (Fsp3) is 0.952. The van der Waals surface area contributed by atoms with Crippen molar-refractivity contribution in [3.63, 3.8) is 0 Å². The lowest BCUT2D eigenvalue weighted by molar-refractivity contribution is -0.143. The molecule has 0 saturated carbocycles. The van der Waals surface area contributed by atoms with Crippen LogP contribution in [0.3, 0.4) is 0 Å². The zero-order valence-corrected chi connectivity index (χ0v) is 22.4. The zero-order valence-electron chi connectivity index (χ0n) is 19.9. The van der Waals surface area contributed by atoms with Gasteiger partial charge in [0.1, 0.15) is 6.61 Å². The molecular formula is C21H44NO4PS2. The average molecular weight is 470 g/mol. The highest BCUT2D eigenvalue weighted by atomic mass is 33.1. The van der Waals surface area contributed by atoms with Crippen molar-refractivity contribution in [1.29, 1.82) is 0 Å². The van der Waals surface area contributed by atoms with Gasteiger partial charge in [-0.15, -0.1) is 0 Å². The minimum atomic E-state index is -1.06. The maximum Gasteiger partial charge on any atom is 0.305 e. The normalized spacial score (nSPS) is 13.5. The first-order valence-corrected chi connectivity index (χ1v) is 14.3. The largest absolute Gasteiger partial charge is 0.465 e. The Kier molecular flexibility index (Phi) is 17.4. The van der Waals surface area contributed by atoms with E-state index in [0.717, 1.165) is 38.0 Å². The summed E-state index contributed by atoms with van der Waals surface area (Å²) in [5.74, 6) is 0.718. The Morgan fingerprint density at radius 1 is 0.966 bits per heavy atom. The summed E-state index contributed by atoms with van der Waals surface area (Å²) >= 11 is 0. The number of carbonyl (C=O) groups is 1. The molecule has 0 aromatic heterocycles. The Bertz CT molecular complexity index is 412. The molecule has 0 heterocycles. The Balaban J connectivity index is 4.07. The van der Waals surface area contributed by atoms with Gasteiger partial charge in [-0.05, 0) is 47.0 Å². The van der Waals surface area contributed by atoms with Crippen molar-refractivity contribution in [3.8, 4) is 0 Å². The van der Waals surface area contributed by atoms with E-state index in [-0.39, 0.29) is 10.7 Å². The van der Waals surface area contributed by atoms with Gasteiger partial charge in [0.15, 0.2) is 0 Å². The van der Waals surface area contributed by atoms with Crippen LogP contribution in [0.1, 0.15) is 87.5 Å². The Hall–Kier alpha value is 0.480. The van der Waals surface area contributed by atoms with Crippen LogP contribution in [-0.4, -0.2) is 53.0 Å². The molecule has 0 aliphatic carbocycles. The maximum atomic E-state index is 11.9. The second-order valence-corrected chi connectivity index (χ2v) is 13.2. The van der Waals surface area contributed by atoms with Gasteiger partial charge in [-0.2, -0.15) is 0 Å². The van der Waals surface area contributed by atoms with E-state index >= 15 is 0 Å². The van der Waals surface area contributed by atoms with Gasteiger partial charge in [0, 0.05) is 29.0 Å². The number of carbonyl (C=O) groups excluding carboxylic acids is 1. The molecule has 0 fully saturated rings. The van der Waals surface area contributed by atoms with Crippen LogP contribution in [0.2, 0.25) is 0 Å². The van der Waals surface area contributed by atoms with Crippen molar-refractivity contribution in [3.05, 3.63) is 0 Å². The Morgan fingerprint density at radius 3 is 2.07 bits per heavy atom. The van der Waals surface area contributed by atoms with Crippen LogP contribution in [0, 0.1) is 0 Å². The number of hydrogen-bond donors (Lipinski definition) is 0. The summed E-state index contributed by atoms with van der Waals surface area (Å²) in [7, 11) is 2.52. The van der Waals surface area contributed by atoms with E-state index in [4.69, 9.17) is 13.8 Å². The standard InChI is InChI=1S/C21H44NO4PS2/c1-9-10-14-25-27(22(18(2)3)19(4)5)26-15-12-11-13-20(23)24-16-17-28-29-21(6,7)8/h18-19H,9-17H2,1-8H3. The van der Waals surface area contributed by atoms with E-state index < -0.39 is 8.53 Å². The van der Waals surface area contributed by atoms with Gasteiger partial charge >= 0.3 is 5.97 Å². The second-order valence-electron chi connectivity index (χ2n) is 8.52. The number of ether oxygens (including phenoxy) is 1. The van der Waals surface area contributed by atoms with E-state index in [0.29, 0.717) is 31.7 Å². The lowest BCUT2D eigenvalue weighted by Gasteiger charge is -2.35. The number of hydrogen-bond acceptors (Lipinski definition) is 7. The molecule has 0 rings (SSSR count). The first-order chi connectivity index (χ1) is 13.6. The average Bonchev–Trinajstić information content (AvgIpc) is 2.59. The van der Waals surface area contributed by atoms with Crippen molar-refractivity contribution in [2.24, 2.45) is 0 Å². The van der Waals surface area contributed by atoms with Gasteiger partial charge in [-0.3, -0.25) is 4.79 Å². The number of unbranched alkanes of at least 4 members (excludes halogenated alkanes) is 2. The van der Waals surface area contributed by atoms with Crippen molar-refractivity contribution in [2.45, 2.75) is 104 Å². The molecule has 1 atom stereocenters. The van der Waals surface area contributed by atoms with E-state index in [1.807, 2.05) is 10.8 Å². The smallest absolute Gasteiger partial charge is 0.305 e. The summed E-state index contributed by atoms with van der Waals surface area (Å²) in [6, 6.07) is 0.735. The molecule has 0 aliphatic heterocycles. The molecule has 29 heavy (non-hydrogen) atoms. The van der Waals surface area contributed by atoms with E-state index in [1.54, 1.807) is 10.8 Å². The van der Waals surface area contributed by atoms with E-state index in [2.05, 4.69) is 60.1 Å². The molecule has 5 nitrogen and oxygen atoms in total. The van der Waals surface area contributed by atoms with Crippen molar-refractivity contribution in [2.75, 3.05) is 25.6 Å². The first-order valence-electron chi connectivity index (χ1n) is 10.9. The molecule has 0 N–H and O–H groups in total. The highest BCUT2D eigenvalue weighted by molar-refractivity contribution is 8.77. The third kappa shape index (κ3) is 16.8. The summed E-state index contributed by atoms with van der Waals surface area (Å²) in [5, 5.41) is 0. The van der Waals surface area contributed by atoms with E-state index in [1.165, 1.54) is 0 Å². The fourth-order valence-electron chi connectivity index (χ4n) is 2.43. The van der Waals surface area contributed by atoms with Crippen molar-refractivity contribution < 1.29 is 18.6 Å². The first kappa shape index (κ1) is 29.5. The lowest BCUT2D eigenvalue weighted by atomic mass is 10.2. The molecular weight excluding hydrogens is 425 g/mol. The van der Waals surface area contributed by atoms with Crippen molar-refractivity contribution in [1.82, 2.24) is 4.67 Å². The maximum absolute atomic E-state index is 11.9. The molecule has 1 unspecified atom stereocenters. The monoisotopic (exact) mass is 469 g/mol. The fourth-order valence-corrected chi connectivity index (χ4v) is 6.19. The number of nitrogens with zero attached hydrogens (tertiary/aromatic N) is 1. The van der Waals surface area contributed by atoms with Crippen LogP contribution in [0.15, 0.2) is 0 Å². The van der Waals surface area contributed by atoms with Gasteiger partial charge in [-0.1, -0.05) is 55.7 Å². The molecule has 174 valence electrons. The van der Waals surface area contributed by atoms with Gasteiger partial charge in [0.25, 0.3) is 8.53 Å². The SMILES string of the molecule is CCCCOP(OCCCCC(=O)OCCSSC(C)(C)C)N(C(C)C)C(C)C. The summed E-state index contributed by atoms with van der Waals surface area (Å²) in [4.78, 5) is 11.9. The Labute approximate surface area is 189 Å². The molecule has 0 bridgehead atoms.